The molecule has 0 spiro atoms. The van der Waals surface area contributed by atoms with E-state index in [0.29, 0.717) is 32.4 Å². The average Bonchev–Trinajstić information content (AvgIpc) is 3.12. The second kappa shape index (κ2) is 7.88. The molecule has 0 radical (unpaired) electrons. The Labute approximate surface area is 149 Å². The van der Waals surface area contributed by atoms with Crippen LogP contribution in [0.25, 0.3) is 0 Å². The van der Waals surface area contributed by atoms with Crippen LogP contribution in [0.4, 0.5) is 8.78 Å². The Morgan fingerprint density at radius 3 is 2.68 bits per heavy atom. The van der Waals surface area contributed by atoms with E-state index >= 15 is 0 Å². The van der Waals surface area contributed by atoms with Crippen molar-refractivity contribution in [2.75, 3.05) is 32.8 Å². The Bertz CT molecular complexity index is 807. The molecule has 136 valence electrons. The summed E-state index contributed by atoms with van der Waals surface area (Å²) in [6, 6.07) is 6.03. The quantitative estimate of drug-likeness (QED) is 0.826. The van der Waals surface area contributed by atoms with Gasteiger partial charge in [-0.1, -0.05) is 6.07 Å². The maximum Gasteiger partial charge on any atom is 0.243 e. The summed E-state index contributed by atoms with van der Waals surface area (Å²) in [6.45, 7) is 2.58. The van der Waals surface area contributed by atoms with E-state index in [4.69, 9.17) is 4.74 Å². The van der Waals surface area contributed by atoms with Crippen molar-refractivity contribution in [3.8, 4) is 0 Å². The van der Waals surface area contributed by atoms with Gasteiger partial charge in [0.1, 0.15) is 16.5 Å². The summed E-state index contributed by atoms with van der Waals surface area (Å²) in [7, 11) is -4.16. The number of hydrogen-bond donors (Lipinski definition) is 1. The van der Waals surface area contributed by atoms with E-state index in [-0.39, 0.29) is 12.6 Å². The van der Waals surface area contributed by atoms with Crippen LogP contribution >= 0.6 is 11.3 Å². The number of thiophene rings is 1. The van der Waals surface area contributed by atoms with Gasteiger partial charge in [-0.2, -0.15) is 0 Å². The molecular formula is C16H18F2N2O3S2. The van der Waals surface area contributed by atoms with E-state index in [0.717, 1.165) is 17.0 Å². The van der Waals surface area contributed by atoms with Gasteiger partial charge in [0, 0.05) is 24.5 Å². The Morgan fingerprint density at radius 2 is 2.00 bits per heavy atom. The Kier molecular flexibility index (Phi) is 5.80. The van der Waals surface area contributed by atoms with Gasteiger partial charge in [-0.15, -0.1) is 11.3 Å². The molecular weight excluding hydrogens is 370 g/mol. The molecule has 2 aromatic rings. The number of sulfonamides is 1. The van der Waals surface area contributed by atoms with Crippen molar-refractivity contribution >= 4 is 21.4 Å². The lowest BCUT2D eigenvalue weighted by Gasteiger charge is -2.34. The van der Waals surface area contributed by atoms with E-state index in [1.807, 2.05) is 17.5 Å². The molecule has 0 bridgehead atoms. The molecule has 1 atom stereocenters. The minimum absolute atomic E-state index is 0.0683. The monoisotopic (exact) mass is 388 g/mol. The highest BCUT2D eigenvalue weighted by molar-refractivity contribution is 7.89. The number of morpholine rings is 1. The van der Waals surface area contributed by atoms with Gasteiger partial charge in [-0.25, -0.2) is 21.9 Å². The minimum Gasteiger partial charge on any atom is -0.379 e. The van der Waals surface area contributed by atoms with Gasteiger partial charge < -0.3 is 4.74 Å². The summed E-state index contributed by atoms with van der Waals surface area (Å²) in [4.78, 5) is 2.45. The predicted molar refractivity (Wildman–Crippen MR) is 91.0 cm³/mol. The molecule has 0 saturated carbocycles. The molecule has 1 N–H and O–H groups in total. The van der Waals surface area contributed by atoms with E-state index in [1.165, 1.54) is 11.3 Å². The smallest absolute Gasteiger partial charge is 0.243 e. The summed E-state index contributed by atoms with van der Waals surface area (Å²) >= 11 is 1.53. The molecule has 0 aliphatic carbocycles. The number of halogens is 2. The highest BCUT2D eigenvalue weighted by Crippen LogP contribution is 2.26. The Balaban J connectivity index is 1.79. The first-order valence-electron chi connectivity index (χ1n) is 7.77. The van der Waals surface area contributed by atoms with Crippen molar-refractivity contribution in [2.45, 2.75) is 10.9 Å². The molecule has 1 aliphatic rings. The lowest BCUT2D eigenvalue weighted by molar-refractivity contribution is 0.0179. The van der Waals surface area contributed by atoms with Crippen LogP contribution in [0.5, 0.6) is 0 Å². The average molecular weight is 388 g/mol. The molecule has 2 heterocycles. The molecule has 0 unspecified atom stereocenters. The molecule has 1 aromatic carbocycles. The fourth-order valence-corrected chi connectivity index (χ4v) is 4.72. The second-order valence-corrected chi connectivity index (χ2v) is 8.32. The lowest BCUT2D eigenvalue weighted by atomic mass is 10.2. The number of rotatable bonds is 6. The van der Waals surface area contributed by atoms with Gasteiger partial charge in [0.2, 0.25) is 10.0 Å². The second-order valence-electron chi connectivity index (χ2n) is 5.61. The molecule has 0 amide bonds. The number of nitrogens with one attached hydrogen (secondary N) is 1. The first-order chi connectivity index (χ1) is 12.0. The molecule has 5 nitrogen and oxygen atoms in total. The van der Waals surface area contributed by atoms with Crippen molar-refractivity contribution in [1.82, 2.24) is 9.62 Å². The van der Waals surface area contributed by atoms with Crippen LogP contribution in [-0.2, 0) is 14.8 Å². The van der Waals surface area contributed by atoms with Crippen LogP contribution in [0.3, 0.4) is 0 Å². The van der Waals surface area contributed by atoms with E-state index < -0.39 is 26.6 Å². The van der Waals surface area contributed by atoms with Gasteiger partial charge in [-0.3, -0.25) is 4.90 Å². The summed E-state index contributed by atoms with van der Waals surface area (Å²) in [5.41, 5.74) is 0. The third-order valence-electron chi connectivity index (χ3n) is 4.01. The van der Waals surface area contributed by atoms with Crippen LogP contribution in [0, 0.1) is 11.6 Å². The molecule has 1 aliphatic heterocycles. The topological polar surface area (TPSA) is 58.6 Å². The molecule has 3 rings (SSSR count). The van der Waals surface area contributed by atoms with Crippen molar-refractivity contribution in [2.24, 2.45) is 0 Å². The Hall–Kier alpha value is -1.39. The fraction of sp³-hybridized carbons (Fsp3) is 0.375. The normalized spacial score (nSPS) is 17.5. The van der Waals surface area contributed by atoms with Crippen molar-refractivity contribution in [3.05, 3.63) is 52.2 Å². The van der Waals surface area contributed by atoms with Crippen molar-refractivity contribution < 1.29 is 21.9 Å². The lowest BCUT2D eigenvalue weighted by Crippen LogP contribution is -2.43. The highest BCUT2D eigenvalue weighted by atomic mass is 32.2. The van der Waals surface area contributed by atoms with Crippen LogP contribution < -0.4 is 4.72 Å². The number of hydrogen-bond acceptors (Lipinski definition) is 5. The van der Waals surface area contributed by atoms with Crippen LogP contribution in [0.2, 0.25) is 0 Å². The first kappa shape index (κ1) is 18.4. The van der Waals surface area contributed by atoms with Gasteiger partial charge in [-0.05, 0) is 29.6 Å². The van der Waals surface area contributed by atoms with E-state index in [2.05, 4.69) is 9.62 Å². The van der Waals surface area contributed by atoms with E-state index in [9.17, 15) is 17.2 Å². The first-order valence-corrected chi connectivity index (χ1v) is 10.1. The van der Waals surface area contributed by atoms with Crippen molar-refractivity contribution in [1.29, 1.82) is 0 Å². The number of ether oxygens (including phenoxy) is 1. The zero-order valence-corrected chi connectivity index (χ0v) is 15.0. The molecule has 1 aromatic heterocycles. The maximum absolute atomic E-state index is 13.8. The standard InChI is InChI=1S/C16H18F2N2O3S2/c17-12-3-4-13(18)16(10-12)25(21,22)19-11-14(15-2-1-9-24-15)20-5-7-23-8-6-20/h1-4,9-10,14,19H,5-8,11H2/t14-/m0/s1. The third-order valence-corrected chi connectivity index (χ3v) is 6.42. The van der Waals surface area contributed by atoms with Gasteiger partial charge in [0.25, 0.3) is 0 Å². The summed E-state index contributed by atoms with van der Waals surface area (Å²) < 4.78 is 59.7. The SMILES string of the molecule is O=S(=O)(NC[C@@H](c1cccs1)N1CCOCC1)c1cc(F)ccc1F. The summed E-state index contributed by atoms with van der Waals surface area (Å²) in [5.74, 6) is -1.78. The van der Waals surface area contributed by atoms with Crippen LogP contribution in [0.15, 0.2) is 40.6 Å². The van der Waals surface area contributed by atoms with Crippen LogP contribution in [0.1, 0.15) is 10.9 Å². The van der Waals surface area contributed by atoms with E-state index in [1.54, 1.807) is 0 Å². The Morgan fingerprint density at radius 1 is 1.24 bits per heavy atom. The van der Waals surface area contributed by atoms with Gasteiger partial charge in [0.15, 0.2) is 0 Å². The third kappa shape index (κ3) is 4.42. The maximum atomic E-state index is 13.8. The zero-order chi connectivity index (χ0) is 17.9. The fourth-order valence-electron chi connectivity index (χ4n) is 2.73. The molecule has 25 heavy (non-hydrogen) atoms. The molecule has 1 saturated heterocycles. The molecule has 1 fully saturated rings. The summed E-state index contributed by atoms with van der Waals surface area (Å²) in [5, 5.41) is 1.92. The zero-order valence-electron chi connectivity index (χ0n) is 13.3. The van der Waals surface area contributed by atoms with Crippen molar-refractivity contribution in [3.63, 3.8) is 0 Å². The summed E-state index contributed by atoms with van der Waals surface area (Å²) in [6.07, 6.45) is 0. The van der Waals surface area contributed by atoms with Gasteiger partial charge in [0.05, 0.1) is 19.3 Å². The number of nitrogens with zero attached hydrogens (tertiary/aromatic N) is 1. The predicted octanol–water partition coefficient (Wildman–Crippen LogP) is 2.38. The van der Waals surface area contributed by atoms with Gasteiger partial charge >= 0.3 is 0 Å². The highest BCUT2D eigenvalue weighted by Gasteiger charge is 2.27. The minimum atomic E-state index is -4.16. The molecule has 9 heteroatoms. The van der Waals surface area contributed by atoms with Crippen LogP contribution in [-0.4, -0.2) is 46.2 Å². The largest absolute Gasteiger partial charge is 0.379 e. The number of benzene rings is 1.